The van der Waals surface area contributed by atoms with Crippen molar-refractivity contribution in [2.75, 3.05) is 0 Å². The largest absolute Gasteiger partial charge is 0.300 e. The Morgan fingerprint density at radius 1 is 1.75 bits per heavy atom. The SMILES string of the molecule is CC#N.NOCc1cccnc1. The molecule has 12 heavy (non-hydrogen) atoms. The van der Waals surface area contributed by atoms with E-state index in [1.807, 2.05) is 12.1 Å². The summed E-state index contributed by atoms with van der Waals surface area (Å²) in [6, 6.07) is 5.49. The molecular weight excluding hydrogens is 154 g/mol. The molecule has 0 atom stereocenters. The highest BCUT2D eigenvalue weighted by atomic mass is 16.6. The second kappa shape index (κ2) is 7.66. The van der Waals surface area contributed by atoms with Crippen LogP contribution in [0.2, 0.25) is 0 Å². The lowest BCUT2D eigenvalue weighted by Gasteiger charge is -1.94. The van der Waals surface area contributed by atoms with Crippen LogP contribution >= 0.6 is 0 Å². The van der Waals surface area contributed by atoms with Crippen LogP contribution in [0.1, 0.15) is 12.5 Å². The molecule has 0 aliphatic carbocycles. The van der Waals surface area contributed by atoms with Gasteiger partial charge in [0.2, 0.25) is 0 Å². The Hall–Kier alpha value is -1.44. The van der Waals surface area contributed by atoms with E-state index in [-0.39, 0.29) is 0 Å². The maximum Gasteiger partial charge on any atom is 0.0944 e. The summed E-state index contributed by atoms with van der Waals surface area (Å²) in [5.74, 6) is 4.83. The predicted molar refractivity (Wildman–Crippen MR) is 44.5 cm³/mol. The fourth-order valence-electron chi connectivity index (χ4n) is 0.580. The topological polar surface area (TPSA) is 71.9 Å². The van der Waals surface area contributed by atoms with Gasteiger partial charge in [0.15, 0.2) is 0 Å². The summed E-state index contributed by atoms with van der Waals surface area (Å²) in [4.78, 5) is 8.26. The first kappa shape index (κ1) is 10.6. The van der Waals surface area contributed by atoms with Gasteiger partial charge in [0.1, 0.15) is 0 Å². The van der Waals surface area contributed by atoms with Crippen molar-refractivity contribution in [3.8, 4) is 6.07 Å². The molecular formula is C8H11N3O. The van der Waals surface area contributed by atoms with E-state index >= 15 is 0 Å². The molecule has 2 N–H and O–H groups in total. The molecule has 0 saturated carbocycles. The third-order valence-electron chi connectivity index (χ3n) is 0.973. The van der Waals surface area contributed by atoms with Crippen LogP contribution in [0, 0.1) is 11.3 Å². The minimum Gasteiger partial charge on any atom is -0.300 e. The molecule has 0 bridgehead atoms. The van der Waals surface area contributed by atoms with Crippen molar-refractivity contribution in [2.45, 2.75) is 13.5 Å². The van der Waals surface area contributed by atoms with E-state index < -0.39 is 0 Å². The summed E-state index contributed by atoms with van der Waals surface area (Å²) in [7, 11) is 0. The lowest BCUT2D eigenvalue weighted by molar-refractivity contribution is 0.124. The van der Waals surface area contributed by atoms with Crippen LogP contribution in [0.4, 0.5) is 0 Å². The minimum absolute atomic E-state index is 0.424. The number of pyridine rings is 1. The molecule has 0 radical (unpaired) electrons. The van der Waals surface area contributed by atoms with Crippen LogP contribution in [0.25, 0.3) is 0 Å². The van der Waals surface area contributed by atoms with Crippen molar-refractivity contribution in [3.63, 3.8) is 0 Å². The second-order valence-electron chi connectivity index (χ2n) is 1.90. The Balaban J connectivity index is 0.000000354. The van der Waals surface area contributed by atoms with Crippen molar-refractivity contribution in [1.82, 2.24) is 4.98 Å². The van der Waals surface area contributed by atoms with E-state index in [0.29, 0.717) is 6.61 Å². The summed E-state index contributed by atoms with van der Waals surface area (Å²) in [6.45, 7) is 1.86. The van der Waals surface area contributed by atoms with Gasteiger partial charge in [0, 0.05) is 19.3 Å². The van der Waals surface area contributed by atoms with Gasteiger partial charge in [-0.1, -0.05) is 6.07 Å². The first-order valence-corrected chi connectivity index (χ1v) is 3.36. The number of hydrogen-bond acceptors (Lipinski definition) is 4. The van der Waals surface area contributed by atoms with E-state index in [0.717, 1.165) is 5.56 Å². The molecule has 0 unspecified atom stereocenters. The van der Waals surface area contributed by atoms with Crippen molar-refractivity contribution >= 4 is 0 Å². The number of nitriles is 1. The molecule has 1 aromatic heterocycles. The molecule has 4 nitrogen and oxygen atoms in total. The maximum atomic E-state index is 7.32. The third kappa shape index (κ3) is 5.35. The lowest BCUT2D eigenvalue weighted by Crippen LogP contribution is -1.98. The van der Waals surface area contributed by atoms with Crippen molar-refractivity contribution < 1.29 is 4.84 Å². The maximum absolute atomic E-state index is 7.32. The Morgan fingerprint density at radius 3 is 2.83 bits per heavy atom. The molecule has 0 aliphatic heterocycles. The van der Waals surface area contributed by atoms with Crippen molar-refractivity contribution in [3.05, 3.63) is 30.1 Å². The summed E-state index contributed by atoms with van der Waals surface area (Å²) in [5.41, 5.74) is 0.986. The number of rotatable bonds is 2. The number of aromatic nitrogens is 1. The highest BCUT2D eigenvalue weighted by Crippen LogP contribution is 1.94. The van der Waals surface area contributed by atoms with Crippen molar-refractivity contribution in [1.29, 1.82) is 5.26 Å². The zero-order valence-electron chi connectivity index (χ0n) is 6.90. The average molecular weight is 165 g/mol. The monoisotopic (exact) mass is 165 g/mol. The van der Waals surface area contributed by atoms with Gasteiger partial charge in [-0.2, -0.15) is 5.26 Å². The molecule has 1 heterocycles. The summed E-state index contributed by atoms with van der Waals surface area (Å²) in [6.07, 6.45) is 3.42. The van der Waals surface area contributed by atoms with Crippen molar-refractivity contribution in [2.24, 2.45) is 5.90 Å². The van der Waals surface area contributed by atoms with Gasteiger partial charge in [0.25, 0.3) is 0 Å². The molecule has 0 saturated heterocycles. The fourth-order valence-corrected chi connectivity index (χ4v) is 0.580. The molecule has 4 heteroatoms. The standard InChI is InChI=1S/C6H8N2O.C2H3N/c7-9-5-6-2-1-3-8-4-6;1-2-3/h1-4H,5,7H2;1H3. The van der Waals surface area contributed by atoms with Crippen LogP contribution < -0.4 is 5.90 Å². The predicted octanol–water partition coefficient (Wildman–Crippen LogP) is 1.00. The third-order valence-corrected chi connectivity index (χ3v) is 0.973. The summed E-state index contributed by atoms with van der Waals surface area (Å²) < 4.78 is 0. The smallest absolute Gasteiger partial charge is 0.0944 e. The Labute approximate surface area is 71.6 Å². The molecule has 0 amide bonds. The fraction of sp³-hybridized carbons (Fsp3) is 0.250. The van der Waals surface area contributed by atoms with Crippen LogP contribution in [0.3, 0.4) is 0 Å². The number of hydrogen-bond donors (Lipinski definition) is 1. The molecule has 0 aromatic carbocycles. The molecule has 0 fully saturated rings. The van der Waals surface area contributed by atoms with Crippen LogP contribution in [-0.2, 0) is 11.4 Å². The minimum atomic E-state index is 0.424. The average Bonchev–Trinajstić information content (AvgIpc) is 2.08. The number of nitrogens with two attached hydrogens (primary N) is 1. The van der Waals surface area contributed by atoms with E-state index in [1.54, 1.807) is 18.5 Å². The summed E-state index contributed by atoms with van der Waals surface area (Å²) >= 11 is 0. The highest BCUT2D eigenvalue weighted by Gasteiger charge is 1.86. The zero-order chi connectivity index (χ0) is 9.23. The van der Waals surface area contributed by atoms with Gasteiger partial charge in [-0.05, 0) is 11.6 Å². The highest BCUT2D eigenvalue weighted by molar-refractivity contribution is 5.06. The van der Waals surface area contributed by atoms with E-state index in [4.69, 9.17) is 11.2 Å². The lowest BCUT2D eigenvalue weighted by atomic mass is 10.3. The normalized spacial score (nSPS) is 7.75. The quantitative estimate of drug-likeness (QED) is 0.663. The Bertz CT molecular complexity index is 230. The Morgan fingerprint density at radius 2 is 2.42 bits per heavy atom. The van der Waals surface area contributed by atoms with E-state index in [1.165, 1.54) is 6.92 Å². The zero-order valence-corrected chi connectivity index (χ0v) is 6.90. The van der Waals surface area contributed by atoms with Gasteiger partial charge in [0.05, 0.1) is 12.7 Å². The molecule has 1 rings (SSSR count). The van der Waals surface area contributed by atoms with Crippen LogP contribution in [0.5, 0.6) is 0 Å². The summed E-state index contributed by atoms with van der Waals surface area (Å²) in [5, 5.41) is 7.32. The second-order valence-corrected chi connectivity index (χ2v) is 1.90. The van der Waals surface area contributed by atoms with Gasteiger partial charge in [-0.25, -0.2) is 5.90 Å². The molecule has 0 spiro atoms. The Kier molecular flexibility index (Phi) is 6.74. The van der Waals surface area contributed by atoms with Gasteiger partial charge < -0.3 is 0 Å². The van der Waals surface area contributed by atoms with Gasteiger partial charge in [-0.15, -0.1) is 0 Å². The van der Waals surface area contributed by atoms with Crippen LogP contribution in [0.15, 0.2) is 24.5 Å². The first-order valence-electron chi connectivity index (χ1n) is 3.36. The first-order chi connectivity index (χ1) is 5.85. The van der Waals surface area contributed by atoms with E-state index in [9.17, 15) is 0 Å². The van der Waals surface area contributed by atoms with Crippen LogP contribution in [-0.4, -0.2) is 4.98 Å². The molecule has 1 aromatic rings. The van der Waals surface area contributed by atoms with Gasteiger partial charge >= 0.3 is 0 Å². The molecule has 0 aliphatic rings. The van der Waals surface area contributed by atoms with E-state index in [2.05, 4.69) is 9.82 Å². The van der Waals surface area contributed by atoms with Gasteiger partial charge in [-0.3, -0.25) is 9.82 Å². The molecule has 64 valence electrons. The number of nitrogens with zero attached hydrogens (tertiary/aromatic N) is 2.